The molecule has 7 heteroatoms. The Bertz CT molecular complexity index is 619. The van der Waals surface area contributed by atoms with Gasteiger partial charge in [-0.2, -0.15) is 12.4 Å². The summed E-state index contributed by atoms with van der Waals surface area (Å²) < 4.78 is 29.6. The van der Waals surface area contributed by atoms with Crippen LogP contribution in [0.15, 0.2) is 36.7 Å². The van der Waals surface area contributed by atoms with Gasteiger partial charge in [0.2, 0.25) is 0 Å². The van der Waals surface area contributed by atoms with Gasteiger partial charge in [0.05, 0.1) is 0 Å². The zero-order valence-corrected chi connectivity index (χ0v) is 10.4. The fraction of sp³-hybridized carbons (Fsp3) is 0.100. The summed E-state index contributed by atoms with van der Waals surface area (Å²) in [6.07, 6.45) is 2.71. The van der Waals surface area contributed by atoms with E-state index in [1.54, 1.807) is 19.1 Å². The summed E-state index contributed by atoms with van der Waals surface area (Å²) in [6.45, 7) is 1.57. The molecule has 0 aliphatic heterocycles. The number of aryl methyl sites for hydroxylation is 1. The van der Waals surface area contributed by atoms with Gasteiger partial charge in [-0.25, -0.2) is 4.98 Å². The van der Waals surface area contributed by atoms with Crippen LogP contribution in [0.25, 0.3) is 0 Å². The molecule has 0 saturated carbocycles. The Labute approximate surface area is 104 Å². The van der Waals surface area contributed by atoms with Crippen LogP contribution in [0.2, 0.25) is 5.02 Å². The van der Waals surface area contributed by atoms with Crippen LogP contribution in [-0.4, -0.2) is 17.4 Å². The molecule has 0 aliphatic carbocycles. The van der Waals surface area contributed by atoms with Gasteiger partial charge in [0.1, 0.15) is 11.6 Å². The van der Waals surface area contributed by atoms with Gasteiger partial charge in [0.15, 0.2) is 0 Å². The highest BCUT2D eigenvalue weighted by molar-refractivity contribution is 7.85. The molecule has 2 rings (SSSR count). The molecule has 1 aromatic heterocycles. The molecule has 0 saturated heterocycles. The summed E-state index contributed by atoms with van der Waals surface area (Å²) in [7, 11) is -3.90. The van der Waals surface area contributed by atoms with E-state index in [1.807, 2.05) is 0 Å². The highest BCUT2D eigenvalue weighted by Crippen LogP contribution is 2.18. The second-order valence-corrected chi connectivity index (χ2v) is 5.12. The van der Waals surface area contributed by atoms with Crippen molar-refractivity contribution in [1.82, 2.24) is 8.96 Å². The second-order valence-electron chi connectivity index (χ2n) is 3.27. The van der Waals surface area contributed by atoms with E-state index in [0.29, 0.717) is 10.8 Å². The average Bonchev–Trinajstić information content (AvgIpc) is 2.68. The smallest absolute Gasteiger partial charge is 0.366 e. The van der Waals surface area contributed by atoms with Crippen LogP contribution in [0.1, 0.15) is 5.82 Å². The number of hydrogen-bond donors (Lipinski definition) is 0. The molecule has 2 aromatic rings. The molecule has 0 aliphatic rings. The number of benzene rings is 1. The molecule has 17 heavy (non-hydrogen) atoms. The Morgan fingerprint density at radius 3 is 2.47 bits per heavy atom. The van der Waals surface area contributed by atoms with Crippen LogP contribution in [-0.2, 0) is 10.3 Å². The van der Waals surface area contributed by atoms with E-state index in [9.17, 15) is 8.42 Å². The van der Waals surface area contributed by atoms with E-state index in [1.165, 1.54) is 24.5 Å². The lowest BCUT2D eigenvalue weighted by Crippen LogP contribution is -2.19. The van der Waals surface area contributed by atoms with E-state index >= 15 is 0 Å². The molecular weight excluding hydrogens is 264 g/mol. The predicted molar refractivity (Wildman–Crippen MR) is 63.4 cm³/mol. The second kappa shape index (κ2) is 4.38. The summed E-state index contributed by atoms with van der Waals surface area (Å²) in [5.74, 6) is 0.529. The van der Waals surface area contributed by atoms with Gasteiger partial charge in [-0.3, -0.25) is 0 Å². The molecule has 0 N–H and O–H groups in total. The summed E-state index contributed by atoms with van der Waals surface area (Å²) >= 11 is 5.69. The first-order chi connectivity index (χ1) is 7.99. The zero-order valence-electron chi connectivity index (χ0n) is 8.87. The van der Waals surface area contributed by atoms with Crippen LogP contribution < -0.4 is 4.18 Å². The molecule has 0 bridgehead atoms. The minimum atomic E-state index is -3.90. The zero-order chi connectivity index (χ0) is 12.5. The number of nitrogens with zero attached hydrogens (tertiary/aromatic N) is 2. The van der Waals surface area contributed by atoms with Gasteiger partial charge in [-0.1, -0.05) is 11.6 Å². The molecule has 0 atom stereocenters. The van der Waals surface area contributed by atoms with Crippen LogP contribution in [0.5, 0.6) is 5.75 Å². The highest BCUT2D eigenvalue weighted by atomic mass is 35.5. The lowest BCUT2D eigenvalue weighted by molar-refractivity contribution is 0.474. The van der Waals surface area contributed by atoms with Gasteiger partial charge >= 0.3 is 10.3 Å². The van der Waals surface area contributed by atoms with Crippen molar-refractivity contribution in [2.75, 3.05) is 0 Å². The Hall–Kier alpha value is -1.53. The quantitative estimate of drug-likeness (QED) is 0.858. The van der Waals surface area contributed by atoms with Crippen molar-refractivity contribution >= 4 is 21.9 Å². The maximum Gasteiger partial charge on any atom is 0.414 e. The fourth-order valence-electron chi connectivity index (χ4n) is 1.25. The first-order valence-corrected chi connectivity index (χ1v) is 6.44. The third-order valence-electron chi connectivity index (χ3n) is 2.04. The van der Waals surface area contributed by atoms with Crippen LogP contribution >= 0.6 is 11.6 Å². The predicted octanol–water partition coefficient (Wildman–Crippen LogP) is 2.02. The maximum absolute atomic E-state index is 11.8. The molecule has 1 aromatic carbocycles. The third-order valence-corrected chi connectivity index (χ3v) is 3.56. The molecule has 0 fully saturated rings. The van der Waals surface area contributed by atoms with Crippen LogP contribution in [0.4, 0.5) is 0 Å². The summed E-state index contributed by atoms with van der Waals surface area (Å²) in [6, 6.07) is 6.05. The van der Waals surface area contributed by atoms with Crippen molar-refractivity contribution in [2.45, 2.75) is 6.92 Å². The van der Waals surface area contributed by atoms with E-state index < -0.39 is 10.3 Å². The number of aromatic nitrogens is 2. The maximum atomic E-state index is 11.8. The van der Waals surface area contributed by atoms with Gasteiger partial charge in [-0.15, -0.1) is 0 Å². The third kappa shape index (κ3) is 2.59. The first kappa shape index (κ1) is 11.9. The normalized spacial score (nSPS) is 11.4. The standard InChI is InChI=1S/C10H9ClN2O3S/c1-8-12-6-7-13(8)17(14,15)16-10-4-2-9(11)3-5-10/h2-7H,1H3. The van der Waals surface area contributed by atoms with Crippen LogP contribution in [0.3, 0.4) is 0 Å². The van der Waals surface area contributed by atoms with Crippen molar-refractivity contribution in [1.29, 1.82) is 0 Å². The lowest BCUT2D eigenvalue weighted by atomic mass is 10.3. The largest absolute Gasteiger partial charge is 0.414 e. The molecule has 90 valence electrons. The Morgan fingerprint density at radius 1 is 1.29 bits per heavy atom. The van der Waals surface area contributed by atoms with Crippen LogP contribution in [0, 0.1) is 6.92 Å². The fourth-order valence-corrected chi connectivity index (χ4v) is 2.39. The molecule has 5 nitrogen and oxygen atoms in total. The van der Waals surface area contributed by atoms with Crippen molar-refractivity contribution in [2.24, 2.45) is 0 Å². The number of rotatable bonds is 3. The van der Waals surface area contributed by atoms with E-state index in [2.05, 4.69) is 4.98 Å². The summed E-state index contributed by atoms with van der Waals surface area (Å²) in [5.41, 5.74) is 0. The molecule has 1 heterocycles. The monoisotopic (exact) mass is 272 g/mol. The van der Waals surface area contributed by atoms with Gasteiger partial charge in [-0.05, 0) is 31.2 Å². The van der Waals surface area contributed by atoms with Crippen molar-refractivity contribution in [3.05, 3.63) is 47.5 Å². The number of imidazole rings is 1. The highest BCUT2D eigenvalue weighted by Gasteiger charge is 2.17. The molecular formula is C10H9ClN2O3S. The van der Waals surface area contributed by atoms with Gasteiger partial charge < -0.3 is 4.18 Å². The minimum absolute atomic E-state index is 0.197. The minimum Gasteiger partial charge on any atom is -0.366 e. The molecule has 0 radical (unpaired) electrons. The SMILES string of the molecule is Cc1nccn1S(=O)(=O)Oc1ccc(Cl)cc1. The molecule has 0 amide bonds. The molecule has 0 spiro atoms. The Morgan fingerprint density at radius 2 is 1.94 bits per heavy atom. The van der Waals surface area contributed by atoms with E-state index in [-0.39, 0.29) is 5.75 Å². The first-order valence-electron chi connectivity index (χ1n) is 4.69. The topological polar surface area (TPSA) is 61.2 Å². The Kier molecular flexibility index (Phi) is 3.08. The average molecular weight is 273 g/mol. The summed E-state index contributed by atoms with van der Waals surface area (Å²) in [4.78, 5) is 3.82. The number of hydrogen-bond acceptors (Lipinski definition) is 4. The van der Waals surface area contributed by atoms with Gasteiger partial charge in [0, 0.05) is 17.4 Å². The van der Waals surface area contributed by atoms with E-state index in [0.717, 1.165) is 3.97 Å². The van der Waals surface area contributed by atoms with Gasteiger partial charge in [0.25, 0.3) is 0 Å². The lowest BCUT2D eigenvalue weighted by Gasteiger charge is -2.08. The van der Waals surface area contributed by atoms with E-state index in [4.69, 9.17) is 15.8 Å². The summed E-state index contributed by atoms with van der Waals surface area (Å²) in [5, 5.41) is 0.508. The Balaban J connectivity index is 2.30. The van der Waals surface area contributed by atoms with Crippen molar-refractivity contribution in [3.63, 3.8) is 0 Å². The number of halogens is 1. The van der Waals surface area contributed by atoms with Crippen molar-refractivity contribution in [3.8, 4) is 5.75 Å². The molecule has 0 unspecified atom stereocenters. The van der Waals surface area contributed by atoms with Crippen molar-refractivity contribution < 1.29 is 12.6 Å².